The van der Waals surface area contributed by atoms with E-state index in [4.69, 9.17) is 4.18 Å². The second kappa shape index (κ2) is 7.01. The van der Waals surface area contributed by atoms with Gasteiger partial charge in [0, 0.05) is 18.5 Å². The molecule has 1 aliphatic heterocycles. The topological polar surface area (TPSA) is 80.8 Å². The standard InChI is InChI=1S/C19H19NO5S/c1-20-16(17(21)14-11-7-4-8-12-14)15(13-9-5-3-6-10-13)18(19(20)22)25-26(2,23)24/h3-12,15-16,18H,1-2H3/t15-,16+,18-/m0/s1. The van der Waals surface area contributed by atoms with Gasteiger partial charge in [-0.05, 0) is 5.56 Å². The summed E-state index contributed by atoms with van der Waals surface area (Å²) in [4.78, 5) is 27.1. The maximum absolute atomic E-state index is 13.1. The molecule has 2 aromatic rings. The molecule has 1 fully saturated rings. The van der Waals surface area contributed by atoms with Crippen molar-refractivity contribution in [1.29, 1.82) is 0 Å². The SMILES string of the molecule is CN1C(=O)[C@@H](OS(C)(=O)=O)[C@@H](c2ccccc2)[C@@H]1C(=O)c1ccccc1. The molecule has 6 nitrogen and oxygen atoms in total. The van der Waals surface area contributed by atoms with E-state index in [0.29, 0.717) is 11.1 Å². The predicted octanol–water partition coefficient (Wildman–Crippen LogP) is 1.84. The third kappa shape index (κ3) is 3.54. The number of likely N-dealkylation sites (tertiary alicyclic amines) is 1. The summed E-state index contributed by atoms with van der Waals surface area (Å²) in [6.07, 6.45) is -0.371. The summed E-state index contributed by atoms with van der Waals surface area (Å²) in [7, 11) is -2.38. The molecule has 0 unspecified atom stereocenters. The summed E-state index contributed by atoms with van der Waals surface area (Å²) in [6, 6.07) is 16.7. The van der Waals surface area contributed by atoms with Crippen LogP contribution in [0.2, 0.25) is 0 Å². The lowest BCUT2D eigenvalue weighted by atomic mass is 9.86. The van der Waals surface area contributed by atoms with Gasteiger partial charge < -0.3 is 4.90 Å². The second-order valence-electron chi connectivity index (χ2n) is 6.28. The molecule has 0 saturated carbocycles. The molecule has 1 aliphatic rings. The minimum absolute atomic E-state index is 0.255. The van der Waals surface area contributed by atoms with Gasteiger partial charge in [0.05, 0.1) is 6.26 Å². The largest absolute Gasteiger partial charge is 0.332 e. The summed E-state index contributed by atoms with van der Waals surface area (Å²) in [5.41, 5.74) is 1.13. The van der Waals surface area contributed by atoms with E-state index in [1.807, 2.05) is 6.07 Å². The first kappa shape index (κ1) is 18.3. The lowest BCUT2D eigenvalue weighted by molar-refractivity contribution is -0.132. The molecule has 1 saturated heterocycles. The van der Waals surface area contributed by atoms with Crippen LogP contribution < -0.4 is 0 Å². The molecule has 0 spiro atoms. The minimum atomic E-state index is -3.88. The Hall–Kier alpha value is -2.51. The highest BCUT2D eigenvalue weighted by Crippen LogP contribution is 2.38. The maximum atomic E-state index is 13.1. The first-order valence-electron chi connectivity index (χ1n) is 8.09. The first-order chi connectivity index (χ1) is 12.3. The van der Waals surface area contributed by atoms with Crippen molar-refractivity contribution in [3.8, 4) is 0 Å². The van der Waals surface area contributed by atoms with Crippen molar-refractivity contribution in [2.75, 3.05) is 13.3 Å². The average Bonchev–Trinajstić information content (AvgIpc) is 2.86. The molecule has 1 amide bonds. The number of carbonyl (C=O) groups is 2. The highest BCUT2D eigenvalue weighted by Gasteiger charge is 2.52. The third-order valence-corrected chi connectivity index (χ3v) is 5.02. The van der Waals surface area contributed by atoms with E-state index in [2.05, 4.69) is 0 Å². The number of amides is 1. The van der Waals surface area contributed by atoms with Crippen LogP contribution in [-0.2, 0) is 19.1 Å². The van der Waals surface area contributed by atoms with Crippen LogP contribution in [0.3, 0.4) is 0 Å². The van der Waals surface area contributed by atoms with E-state index in [1.54, 1.807) is 54.6 Å². The summed E-state index contributed by atoms with van der Waals surface area (Å²) in [5, 5.41) is 0. The van der Waals surface area contributed by atoms with Crippen LogP contribution in [0.25, 0.3) is 0 Å². The summed E-state index contributed by atoms with van der Waals surface area (Å²) >= 11 is 0. The fourth-order valence-electron chi connectivity index (χ4n) is 3.33. The van der Waals surface area contributed by atoms with Gasteiger partial charge >= 0.3 is 0 Å². The zero-order chi connectivity index (χ0) is 18.9. The highest BCUT2D eigenvalue weighted by atomic mass is 32.2. The Morgan fingerprint density at radius 3 is 2.08 bits per heavy atom. The van der Waals surface area contributed by atoms with Crippen molar-refractivity contribution in [2.24, 2.45) is 0 Å². The van der Waals surface area contributed by atoms with Crippen LogP contribution in [0.15, 0.2) is 60.7 Å². The Morgan fingerprint density at radius 1 is 1.00 bits per heavy atom. The van der Waals surface area contributed by atoms with E-state index in [9.17, 15) is 18.0 Å². The number of rotatable bonds is 5. The van der Waals surface area contributed by atoms with Crippen molar-refractivity contribution in [3.05, 3.63) is 71.8 Å². The van der Waals surface area contributed by atoms with Gasteiger partial charge in [-0.2, -0.15) is 8.42 Å². The zero-order valence-electron chi connectivity index (χ0n) is 14.4. The molecule has 3 rings (SSSR count). The Labute approximate surface area is 152 Å². The lowest BCUT2D eigenvalue weighted by Crippen LogP contribution is -2.38. The van der Waals surface area contributed by atoms with E-state index in [1.165, 1.54) is 11.9 Å². The summed E-state index contributed by atoms with van der Waals surface area (Å²) in [6.45, 7) is 0. The Balaban J connectivity index is 2.09. The number of hydrogen-bond acceptors (Lipinski definition) is 5. The number of likely N-dealkylation sites (N-methyl/N-ethyl adjacent to an activating group) is 1. The van der Waals surface area contributed by atoms with E-state index >= 15 is 0 Å². The van der Waals surface area contributed by atoms with E-state index in [-0.39, 0.29) is 5.78 Å². The van der Waals surface area contributed by atoms with Crippen LogP contribution in [0.5, 0.6) is 0 Å². The van der Waals surface area contributed by atoms with Gasteiger partial charge in [0.15, 0.2) is 11.9 Å². The van der Waals surface area contributed by atoms with Gasteiger partial charge in [0.25, 0.3) is 16.0 Å². The molecule has 0 bridgehead atoms. The van der Waals surface area contributed by atoms with Gasteiger partial charge in [-0.25, -0.2) is 0 Å². The molecular weight excluding hydrogens is 354 g/mol. The number of carbonyl (C=O) groups excluding carboxylic acids is 2. The highest BCUT2D eigenvalue weighted by molar-refractivity contribution is 7.86. The predicted molar refractivity (Wildman–Crippen MR) is 96.2 cm³/mol. The molecule has 0 aliphatic carbocycles. The monoisotopic (exact) mass is 373 g/mol. The zero-order valence-corrected chi connectivity index (χ0v) is 15.2. The molecular formula is C19H19NO5S. The number of ketones is 1. The number of benzene rings is 2. The molecule has 0 aromatic heterocycles. The molecule has 2 aromatic carbocycles. The van der Waals surface area contributed by atoms with E-state index < -0.39 is 34.1 Å². The molecule has 136 valence electrons. The fourth-order valence-corrected chi connectivity index (χ4v) is 3.91. The van der Waals surface area contributed by atoms with Crippen LogP contribution >= 0.6 is 0 Å². The molecule has 7 heteroatoms. The van der Waals surface area contributed by atoms with Crippen LogP contribution in [0.1, 0.15) is 21.8 Å². The third-order valence-electron chi connectivity index (χ3n) is 4.46. The van der Waals surface area contributed by atoms with Gasteiger partial charge in [-0.15, -0.1) is 0 Å². The quantitative estimate of drug-likeness (QED) is 0.590. The number of hydrogen-bond donors (Lipinski definition) is 0. The molecule has 0 N–H and O–H groups in total. The van der Waals surface area contributed by atoms with Crippen molar-refractivity contribution in [2.45, 2.75) is 18.1 Å². The number of Topliss-reactive ketones (excluding diaryl/α,β-unsaturated/α-hetero) is 1. The van der Waals surface area contributed by atoms with Gasteiger partial charge in [0.2, 0.25) is 0 Å². The van der Waals surface area contributed by atoms with Crippen LogP contribution in [0, 0.1) is 0 Å². The van der Waals surface area contributed by atoms with Crippen molar-refractivity contribution in [3.63, 3.8) is 0 Å². The first-order valence-corrected chi connectivity index (χ1v) is 9.90. The Kier molecular flexibility index (Phi) is 4.93. The molecule has 3 atom stereocenters. The van der Waals surface area contributed by atoms with Gasteiger partial charge in [-0.3, -0.25) is 13.8 Å². The molecule has 1 heterocycles. The minimum Gasteiger partial charge on any atom is -0.332 e. The van der Waals surface area contributed by atoms with Crippen LogP contribution in [-0.4, -0.2) is 50.5 Å². The summed E-state index contributed by atoms with van der Waals surface area (Å²) in [5.74, 6) is -1.51. The van der Waals surface area contributed by atoms with E-state index in [0.717, 1.165) is 6.26 Å². The molecule has 0 radical (unpaired) electrons. The average molecular weight is 373 g/mol. The van der Waals surface area contributed by atoms with Gasteiger partial charge in [0.1, 0.15) is 6.04 Å². The van der Waals surface area contributed by atoms with Crippen molar-refractivity contribution < 1.29 is 22.2 Å². The smallest absolute Gasteiger partial charge is 0.265 e. The van der Waals surface area contributed by atoms with Crippen molar-refractivity contribution >= 4 is 21.8 Å². The Morgan fingerprint density at radius 2 is 1.54 bits per heavy atom. The number of nitrogens with zero attached hydrogens (tertiary/aromatic N) is 1. The Bertz CT molecular complexity index is 911. The maximum Gasteiger partial charge on any atom is 0.265 e. The molecule has 26 heavy (non-hydrogen) atoms. The van der Waals surface area contributed by atoms with Crippen LogP contribution in [0.4, 0.5) is 0 Å². The second-order valence-corrected chi connectivity index (χ2v) is 7.88. The fraction of sp³-hybridized carbons (Fsp3) is 0.263. The normalized spacial score (nSPS) is 23.2. The van der Waals surface area contributed by atoms with Crippen molar-refractivity contribution in [1.82, 2.24) is 4.90 Å². The lowest BCUT2D eigenvalue weighted by Gasteiger charge is -2.24. The summed E-state index contributed by atoms with van der Waals surface area (Å²) < 4.78 is 28.5. The van der Waals surface area contributed by atoms with Gasteiger partial charge in [-0.1, -0.05) is 60.7 Å².